The molecule has 0 atom stereocenters. The van der Waals surface area contributed by atoms with Gasteiger partial charge in [0.05, 0.1) is 10.4 Å². The Morgan fingerprint density at radius 3 is 2.54 bits per heavy atom. The maximum atomic E-state index is 12.8. The topological polar surface area (TPSA) is 0 Å². The summed E-state index contributed by atoms with van der Waals surface area (Å²) in [6, 6.07) is 4.55. The van der Waals surface area contributed by atoms with Crippen LogP contribution in [0.15, 0.2) is 18.2 Å². The van der Waals surface area contributed by atoms with E-state index >= 15 is 0 Å². The molecule has 0 aromatic heterocycles. The average molecular weight is 197 g/mol. The largest absolute Gasteiger partial charge is 0.205 e. The van der Waals surface area contributed by atoms with Gasteiger partial charge in [0.15, 0.2) is 0 Å². The molecule has 2 heteroatoms. The Bertz CT molecular complexity index is 361. The molecule has 0 N–H and O–H groups in total. The zero-order valence-electron chi connectivity index (χ0n) is 7.57. The Morgan fingerprint density at radius 2 is 2.08 bits per heavy atom. The zero-order chi connectivity index (χ0) is 10.1. The molecule has 13 heavy (non-hydrogen) atoms. The highest BCUT2D eigenvalue weighted by Crippen LogP contribution is 2.26. The summed E-state index contributed by atoms with van der Waals surface area (Å²) in [5, 5.41) is 0.112. The molecule has 1 rings (SSSR count). The van der Waals surface area contributed by atoms with Crippen LogP contribution < -0.4 is 0 Å². The van der Waals surface area contributed by atoms with Gasteiger partial charge in [-0.1, -0.05) is 23.6 Å². The van der Waals surface area contributed by atoms with Gasteiger partial charge in [-0.25, -0.2) is 4.39 Å². The van der Waals surface area contributed by atoms with Crippen molar-refractivity contribution in [3.05, 3.63) is 34.6 Å². The van der Waals surface area contributed by atoms with Gasteiger partial charge in [0, 0.05) is 0 Å². The Balaban J connectivity index is 3.20. The van der Waals surface area contributed by atoms with E-state index in [1.165, 1.54) is 6.07 Å². The minimum Gasteiger partial charge on any atom is -0.205 e. The molecular weight excluding hydrogens is 187 g/mol. The number of benzene rings is 1. The van der Waals surface area contributed by atoms with Gasteiger partial charge in [-0.15, -0.1) is 6.42 Å². The summed E-state index contributed by atoms with van der Waals surface area (Å²) in [5.74, 6) is 2.20. The average Bonchev–Trinajstić information content (AvgIpc) is 2.09. The molecule has 1 aromatic rings. The SMILES string of the molecule is C#CC(C)(C)c1ccc(F)c(Cl)c1. The van der Waals surface area contributed by atoms with Crippen LogP contribution in [0.5, 0.6) is 0 Å². The second-order valence-electron chi connectivity index (χ2n) is 3.40. The van der Waals surface area contributed by atoms with Gasteiger partial charge in [0.2, 0.25) is 0 Å². The first-order chi connectivity index (χ1) is 5.97. The van der Waals surface area contributed by atoms with Crippen molar-refractivity contribution in [2.75, 3.05) is 0 Å². The lowest BCUT2D eigenvalue weighted by atomic mass is 9.86. The maximum Gasteiger partial charge on any atom is 0.141 e. The van der Waals surface area contributed by atoms with Gasteiger partial charge >= 0.3 is 0 Å². The number of halogens is 2. The Morgan fingerprint density at radius 1 is 1.46 bits per heavy atom. The molecule has 0 aliphatic rings. The summed E-state index contributed by atoms with van der Waals surface area (Å²) < 4.78 is 12.8. The lowest BCUT2D eigenvalue weighted by molar-refractivity contribution is 0.623. The van der Waals surface area contributed by atoms with Crippen molar-refractivity contribution in [3.63, 3.8) is 0 Å². The van der Waals surface area contributed by atoms with Crippen molar-refractivity contribution in [3.8, 4) is 12.3 Å². The summed E-state index contributed by atoms with van der Waals surface area (Å²) >= 11 is 5.63. The van der Waals surface area contributed by atoms with Gasteiger partial charge in [0.1, 0.15) is 5.82 Å². The molecule has 0 unspecified atom stereocenters. The predicted molar refractivity (Wildman–Crippen MR) is 53.3 cm³/mol. The van der Waals surface area contributed by atoms with Gasteiger partial charge in [-0.05, 0) is 31.5 Å². The second kappa shape index (κ2) is 3.40. The molecule has 0 spiro atoms. The van der Waals surface area contributed by atoms with E-state index < -0.39 is 11.2 Å². The van der Waals surface area contributed by atoms with E-state index in [1.807, 2.05) is 13.8 Å². The molecule has 0 fully saturated rings. The highest BCUT2D eigenvalue weighted by molar-refractivity contribution is 6.30. The third-order valence-corrected chi connectivity index (χ3v) is 2.29. The fraction of sp³-hybridized carbons (Fsp3) is 0.273. The Hall–Kier alpha value is -1.00. The van der Waals surface area contributed by atoms with Crippen LogP contribution in [0.25, 0.3) is 0 Å². The number of terminal acetylenes is 1. The van der Waals surface area contributed by atoms with E-state index in [0.29, 0.717) is 0 Å². The van der Waals surface area contributed by atoms with Crippen molar-refractivity contribution in [2.24, 2.45) is 0 Å². The normalized spacial score (nSPS) is 11.0. The minimum atomic E-state index is -0.418. The van der Waals surface area contributed by atoms with E-state index in [0.717, 1.165) is 5.56 Å². The summed E-state index contributed by atoms with van der Waals surface area (Å²) in [6.07, 6.45) is 5.34. The lowest BCUT2D eigenvalue weighted by Crippen LogP contribution is -2.13. The standard InChI is InChI=1S/C11H10ClF/c1-4-11(2,3)8-5-6-10(13)9(12)7-8/h1,5-7H,2-3H3. The van der Waals surface area contributed by atoms with Gasteiger partial charge in [0.25, 0.3) is 0 Å². The Kier molecular flexibility index (Phi) is 2.63. The molecular formula is C11H10ClF. The van der Waals surface area contributed by atoms with Crippen LogP contribution >= 0.6 is 11.6 Å². The number of hydrogen-bond acceptors (Lipinski definition) is 0. The first kappa shape index (κ1) is 10.1. The monoisotopic (exact) mass is 196 g/mol. The van der Waals surface area contributed by atoms with Gasteiger partial charge in [-0.2, -0.15) is 0 Å². The third kappa shape index (κ3) is 2.02. The van der Waals surface area contributed by atoms with E-state index in [4.69, 9.17) is 18.0 Å². The first-order valence-electron chi connectivity index (χ1n) is 3.90. The molecule has 0 bridgehead atoms. The molecule has 0 aliphatic heterocycles. The smallest absolute Gasteiger partial charge is 0.141 e. The van der Waals surface area contributed by atoms with Gasteiger partial charge in [-0.3, -0.25) is 0 Å². The molecule has 0 heterocycles. The van der Waals surface area contributed by atoms with Crippen molar-refractivity contribution in [2.45, 2.75) is 19.3 Å². The number of rotatable bonds is 1. The maximum absolute atomic E-state index is 12.8. The molecule has 0 radical (unpaired) electrons. The predicted octanol–water partition coefficient (Wildman–Crippen LogP) is 3.39. The highest BCUT2D eigenvalue weighted by atomic mass is 35.5. The number of hydrogen-bond donors (Lipinski definition) is 0. The second-order valence-corrected chi connectivity index (χ2v) is 3.81. The summed E-state index contributed by atoms with van der Waals surface area (Å²) in [7, 11) is 0. The molecule has 0 saturated heterocycles. The highest BCUT2D eigenvalue weighted by Gasteiger charge is 2.17. The molecule has 1 aromatic carbocycles. The lowest BCUT2D eigenvalue weighted by Gasteiger charge is -2.17. The fourth-order valence-corrected chi connectivity index (χ4v) is 1.15. The molecule has 0 saturated carbocycles. The Labute approximate surface area is 82.7 Å². The van der Waals surface area contributed by atoms with E-state index in [1.54, 1.807) is 12.1 Å². The van der Waals surface area contributed by atoms with Crippen molar-refractivity contribution in [1.82, 2.24) is 0 Å². The van der Waals surface area contributed by atoms with Crippen LogP contribution in [0.3, 0.4) is 0 Å². The van der Waals surface area contributed by atoms with Crippen LogP contribution in [-0.2, 0) is 5.41 Å². The molecule has 0 nitrogen and oxygen atoms in total. The third-order valence-electron chi connectivity index (χ3n) is 2.00. The van der Waals surface area contributed by atoms with E-state index in [9.17, 15) is 4.39 Å². The van der Waals surface area contributed by atoms with Crippen LogP contribution in [0.4, 0.5) is 4.39 Å². The van der Waals surface area contributed by atoms with E-state index in [-0.39, 0.29) is 5.02 Å². The zero-order valence-corrected chi connectivity index (χ0v) is 8.32. The molecule has 0 aliphatic carbocycles. The van der Waals surface area contributed by atoms with Crippen LogP contribution in [0.1, 0.15) is 19.4 Å². The summed E-state index contributed by atoms with van der Waals surface area (Å²) in [4.78, 5) is 0. The van der Waals surface area contributed by atoms with Crippen molar-refractivity contribution in [1.29, 1.82) is 0 Å². The van der Waals surface area contributed by atoms with Crippen LogP contribution in [-0.4, -0.2) is 0 Å². The summed E-state index contributed by atoms with van der Waals surface area (Å²) in [5.41, 5.74) is 0.443. The molecule has 68 valence electrons. The van der Waals surface area contributed by atoms with Crippen molar-refractivity contribution >= 4 is 11.6 Å². The summed E-state index contributed by atoms with van der Waals surface area (Å²) in [6.45, 7) is 3.77. The first-order valence-corrected chi connectivity index (χ1v) is 4.28. The molecule has 0 amide bonds. The van der Waals surface area contributed by atoms with E-state index in [2.05, 4.69) is 5.92 Å². The van der Waals surface area contributed by atoms with Crippen molar-refractivity contribution < 1.29 is 4.39 Å². The van der Waals surface area contributed by atoms with Crippen LogP contribution in [0, 0.1) is 18.2 Å². The minimum absolute atomic E-state index is 0.112. The quantitative estimate of drug-likeness (QED) is 0.604. The fourth-order valence-electron chi connectivity index (χ4n) is 0.968. The van der Waals surface area contributed by atoms with Crippen LogP contribution in [0.2, 0.25) is 5.02 Å². The van der Waals surface area contributed by atoms with Gasteiger partial charge < -0.3 is 0 Å².